The minimum Gasteiger partial charge on any atom is -0.486 e. The minimum absolute atomic E-state index is 0.173. The van der Waals surface area contributed by atoms with Crippen LogP contribution in [0.1, 0.15) is 37.6 Å². The van der Waals surface area contributed by atoms with E-state index >= 15 is 0 Å². The Balaban J connectivity index is 1.89. The summed E-state index contributed by atoms with van der Waals surface area (Å²) in [6, 6.07) is 5.14. The monoisotopic (exact) mass is 293 g/mol. The Kier molecular flexibility index (Phi) is 4.73. The maximum absolute atomic E-state index is 12.1. The van der Waals surface area contributed by atoms with Gasteiger partial charge in [0.15, 0.2) is 11.5 Å². The normalized spacial score (nSPS) is 15.4. The van der Waals surface area contributed by atoms with Gasteiger partial charge >= 0.3 is 0 Å². The van der Waals surface area contributed by atoms with Gasteiger partial charge in [-0.3, -0.25) is 4.79 Å². The topological polar surface area (TPSA) is 67.8 Å². The molecule has 0 spiro atoms. The number of benzene rings is 1. The highest BCUT2D eigenvalue weighted by atomic mass is 16.6. The van der Waals surface area contributed by atoms with Gasteiger partial charge in [0.2, 0.25) is 0 Å². The number of carbonyl (C=O) groups is 1. The molecule has 1 unspecified atom stereocenters. The van der Waals surface area contributed by atoms with Crippen LogP contribution in [0, 0.1) is 5.41 Å². The van der Waals surface area contributed by atoms with Crippen LogP contribution in [-0.4, -0.2) is 36.9 Å². The van der Waals surface area contributed by atoms with E-state index in [1.165, 1.54) is 0 Å². The molecule has 5 heteroatoms. The van der Waals surface area contributed by atoms with Crippen LogP contribution in [0.25, 0.3) is 0 Å². The number of hydrogen-bond acceptors (Lipinski definition) is 4. The Morgan fingerprint density at radius 2 is 1.95 bits per heavy atom. The van der Waals surface area contributed by atoms with E-state index in [4.69, 9.17) is 9.47 Å². The molecule has 2 rings (SSSR count). The van der Waals surface area contributed by atoms with Gasteiger partial charge in [-0.2, -0.15) is 0 Å². The zero-order valence-corrected chi connectivity index (χ0v) is 12.8. The number of rotatable bonds is 4. The molecule has 2 N–H and O–H groups in total. The van der Waals surface area contributed by atoms with Gasteiger partial charge in [-0.05, 0) is 30.0 Å². The Morgan fingerprint density at radius 1 is 1.29 bits per heavy atom. The van der Waals surface area contributed by atoms with Crippen LogP contribution in [0.15, 0.2) is 18.2 Å². The molecule has 0 bridgehead atoms. The highest BCUT2D eigenvalue weighted by Crippen LogP contribution is 2.30. The van der Waals surface area contributed by atoms with Crippen LogP contribution in [0.2, 0.25) is 0 Å². The predicted octanol–water partition coefficient (Wildman–Crippen LogP) is 1.98. The lowest BCUT2D eigenvalue weighted by Crippen LogP contribution is -2.32. The predicted molar refractivity (Wildman–Crippen MR) is 79.8 cm³/mol. The highest BCUT2D eigenvalue weighted by molar-refractivity contribution is 5.94. The Bertz CT molecular complexity index is 507. The van der Waals surface area contributed by atoms with Crippen molar-refractivity contribution in [3.8, 4) is 11.5 Å². The molecule has 21 heavy (non-hydrogen) atoms. The van der Waals surface area contributed by atoms with Crippen LogP contribution >= 0.6 is 0 Å². The van der Waals surface area contributed by atoms with Crippen molar-refractivity contribution >= 4 is 5.91 Å². The first-order chi connectivity index (χ1) is 9.88. The van der Waals surface area contributed by atoms with Crippen LogP contribution in [0.3, 0.4) is 0 Å². The van der Waals surface area contributed by atoms with E-state index in [2.05, 4.69) is 5.32 Å². The Labute approximate surface area is 125 Å². The molecule has 1 aliphatic rings. The molecule has 0 radical (unpaired) electrons. The quantitative estimate of drug-likeness (QED) is 0.891. The molecular weight excluding hydrogens is 270 g/mol. The van der Waals surface area contributed by atoms with E-state index in [0.29, 0.717) is 43.2 Å². The number of aliphatic hydroxyl groups is 1. The summed E-state index contributed by atoms with van der Waals surface area (Å²) in [6.45, 7) is 7.38. The van der Waals surface area contributed by atoms with Gasteiger partial charge in [-0.25, -0.2) is 0 Å². The average molecular weight is 293 g/mol. The zero-order valence-electron chi connectivity index (χ0n) is 12.8. The SMILES string of the molecule is CC(C)(C)C(O)CCNC(=O)c1ccc2c(c1)OCCO2. The smallest absolute Gasteiger partial charge is 0.251 e. The summed E-state index contributed by atoms with van der Waals surface area (Å²) in [5, 5.41) is 12.8. The second-order valence-electron chi connectivity index (χ2n) is 6.28. The summed E-state index contributed by atoms with van der Waals surface area (Å²) in [6.07, 6.45) is 0.0813. The van der Waals surface area contributed by atoms with Gasteiger partial charge in [0.05, 0.1) is 6.10 Å². The van der Waals surface area contributed by atoms with Crippen LogP contribution in [-0.2, 0) is 0 Å². The third kappa shape index (κ3) is 4.11. The summed E-state index contributed by atoms with van der Waals surface area (Å²) in [5.74, 6) is 1.10. The number of nitrogens with one attached hydrogen (secondary N) is 1. The standard InChI is InChI=1S/C16H23NO4/c1-16(2,3)14(18)6-7-17-15(19)11-4-5-12-13(10-11)21-9-8-20-12/h4-5,10,14,18H,6-9H2,1-3H3,(H,17,19). The number of fused-ring (bicyclic) bond motifs is 1. The van der Waals surface area contributed by atoms with E-state index in [9.17, 15) is 9.90 Å². The third-order valence-corrected chi connectivity index (χ3v) is 3.51. The summed E-state index contributed by atoms with van der Waals surface area (Å²) in [4.78, 5) is 12.1. The largest absolute Gasteiger partial charge is 0.486 e. The molecule has 1 atom stereocenters. The maximum Gasteiger partial charge on any atom is 0.251 e. The van der Waals surface area contributed by atoms with Gasteiger partial charge in [0.1, 0.15) is 13.2 Å². The summed E-state index contributed by atoms with van der Waals surface area (Å²) in [5.41, 5.74) is 0.353. The van der Waals surface area contributed by atoms with Gasteiger partial charge in [-0.15, -0.1) is 0 Å². The Hall–Kier alpha value is -1.75. The van der Waals surface area contributed by atoms with Crippen molar-refractivity contribution in [3.63, 3.8) is 0 Å². The van der Waals surface area contributed by atoms with E-state index in [1.54, 1.807) is 18.2 Å². The van der Waals surface area contributed by atoms with Gasteiger partial charge < -0.3 is 19.9 Å². The summed E-state index contributed by atoms with van der Waals surface area (Å²) < 4.78 is 10.9. The molecule has 1 amide bonds. The lowest BCUT2D eigenvalue weighted by Gasteiger charge is -2.25. The molecule has 116 valence electrons. The van der Waals surface area contributed by atoms with Crippen molar-refractivity contribution in [2.24, 2.45) is 5.41 Å². The maximum atomic E-state index is 12.1. The fourth-order valence-corrected chi connectivity index (χ4v) is 2.04. The van der Waals surface area contributed by atoms with Crippen molar-refractivity contribution in [3.05, 3.63) is 23.8 Å². The molecule has 0 aromatic heterocycles. The first-order valence-corrected chi connectivity index (χ1v) is 7.24. The summed E-state index contributed by atoms with van der Waals surface area (Å²) >= 11 is 0. The molecular formula is C16H23NO4. The van der Waals surface area contributed by atoms with Crippen LogP contribution in [0.4, 0.5) is 0 Å². The van der Waals surface area contributed by atoms with E-state index in [0.717, 1.165) is 0 Å². The fraction of sp³-hybridized carbons (Fsp3) is 0.562. The second-order valence-corrected chi connectivity index (χ2v) is 6.28. The van der Waals surface area contributed by atoms with Crippen molar-refractivity contribution in [1.29, 1.82) is 0 Å². The van der Waals surface area contributed by atoms with Crippen molar-refractivity contribution in [2.75, 3.05) is 19.8 Å². The zero-order chi connectivity index (χ0) is 15.5. The highest BCUT2D eigenvalue weighted by Gasteiger charge is 2.22. The number of hydrogen-bond donors (Lipinski definition) is 2. The lowest BCUT2D eigenvalue weighted by molar-refractivity contribution is 0.0551. The van der Waals surface area contributed by atoms with Crippen LogP contribution in [0.5, 0.6) is 11.5 Å². The lowest BCUT2D eigenvalue weighted by atomic mass is 9.87. The third-order valence-electron chi connectivity index (χ3n) is 3.51. The molecule has 0 aliphatic carbocycles. The minimum atomic E-state index is -0.446. The van der Waals surface area contributed by atoms with Gasteiger partial charge in [0, 0.05) is 12.1 Å². The molecule has 0 saturated carbocycles. The van der Waals surface area contributed by atoms with E-state index < -0.39 is 6.10 Å². The molecule has 1 heterocycles. The van der Waals surface area contributed by atoms with Crippen LogP contribution < -0.4 is 14.8 Å². The first kappa shape index (κ1) is 15.6. The molecule has 1 aromatic carbocycles. The van der Waals surface area contributed by atoms with Gasteiger partial charge in [-0.1, -0.05) is 20.8 Å². The number of carbonyl (C=O) groups excluding carboxylic acids is 1. The van der Waals surface area contributed by atoms with Crippen molar-refractivity contribution in [1.82, 2.24) is 5.32 Å². The number of amides is 1. The van der Waals surface area contributed by atoms with Crippen molar-refractivity contribution < 1.29 is 19.4 Å². The Morgan fingerprint density at radius 3 is 2.62 bits per heavy atom. The van der Waals surface area contributed by atoms with Gasteiger partial charge in [0.25, 0.3) is 5.91 Å². The first-order valence-electron chi connectivity index (χ1n) is 7.24. The second kappa shape index (κ2) is 6.35. The number of aliphatic hydroxyl groups excluding tert-OH is 1. The van der Waals surface area contributed by atoms with E-state index in [-0.39, 0.29) is 11.3 Å². The molecule has 0 saturated heterocycles. The molecule has 1 aromatic rings. The molecule has 1 aliphatic heterocycles. The average Bonchev–Trinajstić information content (AvgIpc) is 2.45. The van der Waals surface area contributed by atoms with Crippen molar-refractivity contribution in [2.45, 2.75) is 33.3 Å². The number of ether oxygens (including phenoxy) is 2. The fourth-order valence-electron chi connectivity index (χ4n) is 2.04. The molecule has 5 nitrogen and oxygen atoms in total. The summed E-state index contributed by atoms with van der Waals surface area (Å²) in [7, 11) is 0. The molecule has 0 fully saturated rings. The van der Waals surface area contributed by atoms with E-state index in [1.807, 2.05) is 20.8 Å².